The van der Waals surface area contributed by atoms with Crippen molar-refractivity contribution in [3.8, 4) is 11.5 Å². The van der Waals surface area contributed by atoms with Gasteiger partial charge in [0, 0.05) is 11.6 Å². The summed E-state index contributed by atoms with van der Waals surface area (Å²) >= 11 is 5.71. The number of halogens is 1. The molecule has 2 aromatic carbocycles. The molecular weight excluding hydrogens is 234 g/mol. The monoisotopic (exact) mass is 247 g/mol. The predicted octanol–water partition coefficient (Wildman–Crippen LogP) is 3.84. The summed E-state index contributed by atoms with van der Waals surface area (Å²) in [5.74, 6) is 2.21. The highest BCUT2D eigenvalue weighted by molar-refractivity contribution is 6.17. The SMILES string of the molecule is Nc1ccc(Oc2cccc(CCCl)c2)cc1. The Morgan fingerprint density at radius 3 is 2.47 bits per heavy atom. The fraction of sp³-hybridized carbons (Fsp3) is 0.143. The maximum Gasteiger partial charge on any atom is 0.127 e. The van der Waals surface area contributed by atoms with Crippen molar-refractivity contribution in [1.82, 2.24) is 0 Å². The van der Waals surface area contributed by atoms with Crippen LogP contribution in [-0.2, 0) is 6.42 Å². The van der Waals surface area contributed by atoms with E-state index in [4.69, 9.17) is 22.1 Å². The van der Waals surface area contributed by atoms with E-state index in [0.29, 0.717) is 5.88 Å². The lowest BCUT2D eigenvalue weighted by Gasteiger charge is -2.07. The Bertz CT molecular complexity index is 482. The lowest BCUT2D eigenvalue weighted by molar-refractivity contribution is 0.482. The van der Waals surface area contributed by atoms with Crippen LogP contribution in [-0.4, -0.2) is 5.88 Å². The summed E-state index contributed by atoms with van der Waals surface area (Å²) < 4.78 is 5.72. The molecule has 0 spiro atoms. The highest BCUT2D eigenvalue weighted by Crippen LogP contribution is 2.23. The molecule has 0 fully saturated rings. The van der Waals surface area contributed by atoms with Crippen LogP contribution in [0.1, 0.15) is 5.56 Å². The molecule has 17 heavy (non-hydrogen) atoms. The number of hydrogen-bond acceptors (Lipinski definition) is 2. The Morgan fingerprint density at radius 2 is 1.76 bits per heavy atom. The minimum Gasteiger partial charge on any atom is -0.457 e. The zero-order chi connectivity index (χ0) is 12.1. The first kappa shape index (κ1) is 11.8. The average Bonchev–Trinajstić information content (AvgIpc) is 2.33. The van der Waals surface area contributed by atoms with E-state index < -0.39 is 0 Å². The van der Waals surface area contributed by atoms with Gasteiger partial charge in [0.05, 0.1) is 0 Å². The molecule has 0 heterocycles. The first-order valence-corrected chi connectivity index (χ1v) is 5.99. The third-order valence-corrected chi connectivity index (χ3v) is 2.59. The van der Waals surface area contributed by atoms with Gasteiger partial charge in [-0.15, -0.1) is 11.6 Å². The van der Waals surface area contributed by atoms with Crippen LogP contribution in [0.2, 0.25) is 0 Å². The van der Waals surface area contributed by atoms with Crippen molar-refractivity contribution in [2.45, 2.75) is 6.42 Å². The third kappa shape index (κ3) is 3.40. The molecule has 0 radical (unpaired) electrons. The van der Waals surface area contributed by atoms with Crippen molar-refractivity contribution >= 4 is 17.3 Å². The molecule has 0 amide bonds. The van der Waals surface area contributed by atoms with Crippen LogP contribution < -0.4 is 10.5 Å². The summed E-state index contributed by atoms with van der Waals surface area (Å²) in [6.07, 6.45) is 0.848. The van der Waals surface area contributed by atoms with E-state index in [9.17, 15) is 0 Å². The van der Waals surface area contributed by atoms with Crippen molar-refractivity contribution in [3.63, 3.8) is 0 Å². The lowest BCUT2D eigenvalue weighted by Crippen LogP contribution is -1.89. The lowest BCUT2D eigenvalue weighted by atomic mass is 10.2. The molecule has 2 N–H and O–H groups in total. The normalized spacial score (nSPS) is 10.2. The topological polar surface area (TPSA) is 35.2 Å². The van der Waals surface area contributed by atoms with Gasteiger partial charge < -0.3 is 10.5 Å². The van der Waals surface area contributed by atoms with E-state index >= 15 is 0 Å². The van der Waals surface area contributed by atoms with Crippen LogP contribution in [0.4, 0.5) is 5.69 Å². The quantitative estimate of drug-likeness (QED) is 0.658. The number of anilines is 1. The molecule has 0 bridgehead atoms. The summed E-state index contributed by atoms with van der Waals surface area (Å²) in [5.41, 5.74) is 7.52. The Morgan fingerprint density at radius 1 is 1.00 bits per heavy atom. The Balaban J connectivity index is 2.12. The van der Waals surface area contributed by atoms with E-state index in [1.807, 2.05) is 48.5 Å². The molecule has 0 unspecified atom stereocenters. The Labute approximate surface area is 106 Å². The number of hydrogen-bond donors (Lipinski definition) is 1. The number of ether oxygens (including phenoxy) is 1. The zero-order valence-corrected chi connectivity index (χ0v) is 10.2. The maximum atomic E-state index is 5.72. The standard InChI is InChI=1S/C14H14ClNO/c15-9-8-11-2-1-3-14(10-11)17-13-6-4-12(16)5-7-13/h1-7,10H,8-9,16H2. The van der Waals surface area contributed by atoms with Crippen molar-refractivity contribution in [1.29, 1.82) is 0 Å². The van der Waals surface area contributed by atoms with Crippen molar-refractivity contribution < 1.29 is 4.74 Å². The summed E-state index contributed by atoms with van der Waals surface area (Å²) in [4.78, 5) is 0. The molecule has 2 aromatic rings. The van der Waals surface area contributed by atoms with Gasteiger partial charge in [0.2, 0.25) is 0 Å². The van der Waals surface area contributed by atoms with Crippen LogP contribution >= 0.6 is 11.6 Å². The zero-order valence-electron chi connectivity index (χ0n) is 9.40. The fourth-order valence-electron chi connectivity index (χ4n) is 1.55. The molecule has 0 saturated carbocycles. The van der Waals surface area contributed by atoms with Gasteiger partial charge in [0.1, 0.15) is 11.5 Å². The van der Waals surface area contributed by atoms with E-state index in [1.54, 1.807) is 0 Å². The van der Waals surface area contributed by atoms with Gasteiger partial charge in [-0.25, -0.2) is 0 Å². The molecular formula is C14H14ClNO. The highest BCUT2D eigenvalue weighted by atomic mass is 35.5. The van der Waals surface area contributed by atoms with Crippen LogP contribution in [0, 0.1) is 0 Å². The number of aryl methyl sites for hydroxylation is 1. The average molecular weight is 248 g/mol. The molecule has 0 saturated heterocycles. The van der Waals surface area contributed by atoms with Gasteiger partial charge >= 0.3 is 0 Å². The second kappa shape index (κ2) is 5.60. The summed E-state index contributed by atoms with van der Waals surface area (Å²) in [6, 6.07) is 15.3. The summed E-state index contributed by atoms with van der Waals surface area (Å²) in [5, 5.41) is 0. The molecule has 0 aromatic heterocycles. The van der Waals surface area contributed by atoms with Crippen molar-refractivity contribution in [2.75, 3.05) is 11.6 Å². The Hall–Kier alpha value is -1.67. The molecule has 2 rings (SSSR count). The van der Waals surface area contributed by atoms with Gasteiger partial charge in [-0.05, 0) is 48.4 Å². The molecule has 2 nitrogen and oxygen atoms in total. The molecule has 0 atom stereocenters. The first-order valence-electron chi connectivity index (χ1n) is 5.46. The minimum atomic E-state index is 0.616. The van der Waals surface area contributed by atoms with E-state index in [1.165, 1.54) is 5.56 Å². The largest absolute Gasteiger partial charge is 0.457 e. The fourth-order valence-corrected chi connectivity index (χ4v) is 1.76. The van der Waals surface area contributed by atoms with E-state index in [2.05, 4.69) is 0 Å². The summed E-state index contributed by atoms with van der Waals surface area (Å²) in [6.45, 7) is 0. The second-order valence-corrected chi connectivity index (χ2v) is 4.14. The first-order chi connectivity index (χ1) is 8.28. The molecule has 0 aliphatic heterocycles. The van der Waals surface area contributed by atoms with Crippen LogP contribution in [0.3, 0.4) is 0 Å². The third-order valence-electron chi connectivity index (χ3n) is 2.40. The Kier molecular flexibility index (Phi) is 3.89. The number of benzene rings is 2. The second-order valence-electron chi connectivity index (χ2n) is 3.76. The number of rotatable bonds is 4. The summed E-state index contributed by atoms with van der Waals surface area (Å²) in [7, 11) is 0. The molecule has 3 heteroatoms. The maximum absolute atomic E-state index is 5.72. The van der Waals surface area contributed by atoms with Gasteiger partial charge in [-0.3, -0.25) is 0 Å². The van der Waals surface area contributed by atoms with Crippen molar-refractivity contribution in [2.24, 2.45) is 0 Å². The number of nitrogens with two attached hydrogens (primary N) is 1. The highest BCUT2D eigenvalue weighted by Gasteiger charge is 1.99. The van der Waals surface area contributed by atoms with Crippen LogP contribution in [0.25, 0.3) is 0 Å². The molecule has 88 valence electrons. The minimum absolute atomic E-state index is 0.616. The number of alkyl halides is 1. The van der Waals surface area contributed by atoms with Crippen LogP contribution in [0.15, 0.2) is 48.5 Å². The van der Waals surface area contributed by atoms with Crippen molar-refractivity contribution in [3.05, 3.63) is 54.1 Å². The number of nitrogen functional groups attached to an aromatic ring is 1. The van der Waals surface area contributed by atoms with Gasteiger partial charge in [-0.2, -0.15) is 0 Å². The predicted molar refractivity (Wildman–Crippen MR) is 71.8 cm³/mol. The van der Waals surface area contributed by atoms with Crippen LogP contribution in [0.5, 0.6) is 11.5 Å². The van der Waals surface area contributed by atoms with E-state index in [0.717, 1.165) is 23.6 Å². The molecule has 0 aliphatic rings. The van der Waals surface area contributed by atoms with E-state index in [-0.39, 0.29) is 0 Å². The van der Waals surface area contributed by atoms with Gasteiger partial charge in [0.25, 0.3) is 0 Å². The van der Waals surface area contributed by atoms with Gasteiger partial charge in [-0.1, -0.05) is 12.1 Å². The van der Waals surface area contributed by atoms with Gasteiger partial charge in [0.15, 0.2) is 0 Å². The molecule has 0 aliphatic carbocycles. The smallest absolute Gasteiger partial charge is 0.127 e.